The van der Waals surface area contributed by atoms with Crippen molar-refractivity contribution < 1.29 is 0 Å². The first-order chi connectivity index (χ1) is 8.29. The molecule has 0 aliphatic carbocycles. The topological polar surface area (TPSA) is 23.8 Å². The van der Waals surface area contributed by atoms with Gasteiger partial charge < -0.3 is 0 Å². The van der Waals surface area contributed by atoms with Crippen LogP contribution < -0.4 is 0 Å². The molecule has 1 nitrogen and oxygen atoms in total. The number of nitriles is 1. The summed E-state index contributed by atoms with van der Waals surface area (Å²) in [6, 6.07) is 17.8. The van der Waals surface area contributed by atoms with Gasteiger partial charge in [0.15, 0.2) is 0 Å². The molecule has 0 heterocycles. The highest BCUT2D eigenvalue weighted by molar-refractivity contribution is 6.31. The lowest BCUT2D eigenvalue weighted by Gasteiger charge is -2.06. The van der Waals surface area contributed by atoms with Crippen LogP contribution in [0.1, 0.15) is 5.56 Å². The minimum atomic E-state index is 0.704. The van der Waals surface area contributed by atoms with E-state index >= 15 is 0 Å². The van der Waals surface area contributed by atoms with Gasteiger partial charge in [0.05, 0.1) is 11.6 Å². The molecule has 0 aromatic heterocycles. The fraction of sp³-hybridized carbons (Fsp3) is 0. The molecule has 0 saturated heterocycles. The molecular weight excluding hydrogens is 230 g/mol. The van der Waals surface area contributed by atoms with Crippen molar-refractivity contribution in [3.63, 3.8) is 0 Å². The summed E-state index contributed by atoms with van der Waals surface area (Å²) in [6.45, 7) is 0. The van der Waals surface area contributed by atoms with Crippen LogP contribution in [-0.4, -0.2) is 0 Å². The van der Waals surface area contributed by atoms with E-state index in [-0.39, 0.29) is 0 Å². The lowest BCUT2D eigenvalue weighted by Crippen LogP contribution is -1.83. The molecule has 17 heavy (non-hydrogen) atoms. The standard InChI is InChI=1S/C15H8ClN/c16-12-6-5-10-7-11(9-17)13-3-1-2-4-14(13)15(10)8-12/h1-8H. The Labute approximate surface area is 104 Å². The maximum Gasteiger partial charge on any atom is 0.0998 e. The number of halogens is 1. The molecule has 80 valence electrons. The Bertz CT molecular complexity index is 769. The van der Waals surface area contributed by atoms with Gasteiger partial charge in [-0.1, -0.05) is 41.9 Å². The van der Waals surface area contributed by atoms with Crippen molar-refractivity contribution in [1.82, 2.24) is 0 Å². The molecule has 2 heteroatoms. The van der Waals surface area contributed by atoms with Crippen LogP contribution in [0.5, 0.6) is 0 Å². The summed E-state index contributed by atoms with van der Waals surface area (Å²) in [5.74, 6) is 0. The van der Waals surface area contributed by atoms with Gasteiger partial charge in [-0.25, -0.2) is 0 Å². The fourth-order valence-electron chi connectivity index (χ4n) is 2.17. The van der Waals surface area contributed by atoms with Crippen molar-refractivity contribution >= 4 is 33.1 Å². The summed E-state index contributed by atoms with van der Waals surface area (Å²) in [4.78, 5) is 0. The summed E-state index contributed by atoms with van der Waals surface area (Å²) in [5.41, 5.74) is 0.704. The van der Waals surface area contributed by atoms with Crippen LogP contribution in [-0.2, 0) is 0 Å². The summed E-state index contributed by atoms with van der Waals surface area (Å²) in [5, 5.41) is 14.1. The van der Waals surface area contributed by atoms with Gasteiger partial charge in [-0.15, -0.1) is 0 Å². The Morgan fingerprint density at radius 1 is 0.882 bits per heavy atom. The van der Waals surface area contributed by atoms with Crippen LogP contribution in [0.2, 0.25) is 5.02 Å². The van der Waals surface area contributed by atoms with E-state index in [4.69, 9.17) is 11.6 Å². The molecule has 0 radical (unpaired) electrons. The van der Waals surface area contributed by atoms with Crippen LogP contribution >= 0.6 is 11.6 Å². The normalized spacial score (nSPS) is 10.6. The van der Waals surface area contributed by atoms with Crippen molar-refractivity contribution in [3.05, 3.63) is 59.1 Å². The highest BCUT2D eigenvalue weighted by Crippen LogP contribution is 2.30. The fourth-order valence-corrected chi connectivity index (χ4v) is 2.34. The van der Waals surface area contributed by atoms with E-state index < -0.39 is 0 Å². The molecule has 3 aromatic carbocycles. The minimum absolute atomic E-state index is 0.704. The Morgan fingerprint density at radius 3 is 2.41 bits per heavy atom. The number of fused-ring (bicyclic) bond motifs is 3. The zero-order valence-corrected chi connectivity index (χ0v) is 9.70. The van der Waals surface area contributed by atoms with E-state index in [0.717, 1.165) is 21.5 Å². The summed E-state index contributed by atoms with van der Waals surface area (Å²) in [6.07, 6.45) is 0. The molecule has 0 N–H and O–H groups in total. The zero-order valence-electron chi connectivity index (χ0n) is 8.94. The average molecular weight is 238 g/mol. The summed E-state index contributed by atoms with van der Waals surface area (Å²) >= 11 is 6.03. The van der Waals surface area contributed by atoms with Crippen molar-refractivity contribution in [2.45, 2.75) is 0 Å². The maximum absolute atomic E-state index is 9.17. The van der Waals surface area contributed by atoms with Gasteiger partial charge in [0.1, 0.15) is 0 Å². The monoisotopic (exact) mass is 237 g/mol. The van der Waals surface area contributed by atoms with E-state index in [1.54, 1.807) is 0 Å². The smallest absolute Gasteiger partial charge is 0.0998 e. The number of nitrogens with zero attached hydrogens (tertiary/aromatic N) is 1. The Kier molecular flexibility index (Phi) is 2.24. The molecule has 3 rings (SSSR count). The third-order valence-electron chi connectivity index (χ3n) is 2.94. The predicted octanol–water partition coefficient (Wildman–Crippen LogP) is 4.52. The molecule has 0 amide bonds. The van der Waals surface area contributed by atoms with Crippen LogP contribution in [0.4, 0.5) is 0 Å². The maximum atomic E-state index is 9.17. The number of rotatable bonds is 0. The van der Waals surface area contributed by atoms with Crippen molar-refractivity contribution in [2.24, 2.45) is 0 Å². The largest absolute Gasteiger partial charge is 0.192 e. The first kappa shape index (κ1) is 10.1. The van der Waals surface area contributed by atoms with Crippen LogP contribution in [0, 0.1) is 11.3 Å². The molecule has 0 aliphatic heterocycles. The Morgan fingerprint density at radius 2 is 1.65 bits per heavy atom. The van der Waals surface area contributed by atoms with Gasteiger partial charge in [0, 0.05) is 10.4 Å². The summed E-state index contributed by atoms with van der Waals surface area (Å²) in [7, 11) is 0. The first-order valence-corrected chi connectivity index (χ1v) is 5.68. The van der Waals surface area contributed by atoms with Crippen molar-refractivity contribution in [2.75, 3.05) is 0 Å². The molecule has 0 aliphatic rings. The van der Waals surface area contributed by atoms with E-state index in [9.17, 15) is 5.26 Å². The van der Waals surface area contributed by atoms with Gasteiger partial charge in [-0.3, -0.25) is 0 Å². The van der Waals surface area contributed by atoms with E-state index in [2.05, 4.69) is 6.07 Å². The quantitative estimate of drug-likeness (QED) is 0.528. The summed E-state index contributed by atoms with van der Waals surface area (Å²) < 4.78 is 0. The van der Waals surface area contributed by atoms with Crippen LogP contribution in [0.15, 0.2) is 48.5 Å². The van der Waals surface area contributed by atoms with Crippen LogP contribution in [0.25, 0.3) is 21.5 Å². The third-order valence-corrected chi connectivity index (χ3v) is 3.18. The van der Waals surface area contributed by atoms with Crippen molar-refractivity contribution in [1.29, 1.82) is 5.26 Å². The van der Waals surface area contributed by atoms with Gasteiger partial charge in [-0.05, 0) is 34.4 Å². The van der Waals surface area contributed by atoms with Crippen LogP contribution in [0.3, 0.4) is 0 Å². The van der Waals surface area contributed by atoms with Gasteiger partial charge in [-0.2, -0.15) is 5.26 Å². The Balaban J connectivity index is 2.61. The average Bonchev–Trinajstić information content (AvgIpc) is 2.38. The van der Waals surface area contributed by atoms with Gasteiger partial charge >= 0.3 is 0 Å². The Hall–Kier alpha value is -2.04. The molecule has 0 atom stereocenters. The second-order valence-corrected chi connectivity index (χ2v) is 4.38. The molecule has 0 spiro atoms. The molecule has 0 bridgehead atoms. The van der Waals surface area contributed by atoms with E-state index in [1.165, 1.54) is 0 Å². The molecule has 0 unspecified atom stereocenters. The lowest BCUT2D eigenvalue weighted by atomic mass is 9.98. The number of hydrogen-bond acceptors (Lipinski definition) is 1. The third kappa shape index (κ3) is 1.54. The zero-order chi connectivity index (χ0) is 11.8. The lowest BCUT2D eigenvalue weighted by molar-refractivity contribution is 1.51. The second-order valence-electron chi connectivity index (χ2n) is 3.95. The number of hydrogen-bond donors (Lipinski definition) is 0. The molecule has 0 saturated carbocycles. The molecular formula is C15H8ClN. The highest BCUT2D eigenvalue weighted by Gasteiger charge is 2.05. The van der Waals surface area contributed by atoms with Gasteiger partial charge in [0.25, 0.3) is 0 Å². The van der Waals surface area contributed by atoms with E-state index in [1.807, 2.05) is 48.5 Å². The van der Waals surface area contributed by atoms with E-state index in [0.29, 0.717) is 10.6 Å². The van der Waals surface area contributed by atoms with Gasteiger partial charge in [0.2, 0.25) is 0 Å². The minimum Gasteiger partial charge on any atom is -0.192 e. The first-order valence-electron chi connectivity index (χ1n) is 5.31. The molecule has 0 fully saturated rings. The highest BCUT2D eigenvalue weighted by atomic mass is 35.5. The SMILES string of the molecule is N#Cc1cc2ccc(Cl)cc2c2ccccc12. The number of benzene rings is 3. The predicted molar refractivity (Wildman–Crippen MR) is 71.2 cm³/mol. The molecule has 3 aromatic rings. The van der Waals surface area contributed by atoms with Crippen molar-refractivity contribution in [3.8, 4) is 6.07 Å². The second kappa shape index (κ2) is 3.76.